The zero-order chi connectivity index (χ0) is 20.7. The van der Waals surface area contributed by atoms with Gasteiger partial charge < -0.3 is 14.4 Å². The maximum Gasteiger partial charge on any atom is 0.290 e. The van der Waals surface area contributed by atoms with E-state index in [1.807, 2.05) is 69.3 Å². The Kier molecular flexibility index (Phi) is 7.83. The van der Waals surface area contributed by atoms with Crippen LogP contribution < -0.4 is 9.47 Å². The molecule has 0 aliphatic rings. The Hall–Kier alpha value is -2.12. The summed E-state index contributed by atoms with van der Waals surface area (Å²) in [6, 6.07) is 15.2. The number of benzene rings is 2. The van der Waals surface area contributed by atoms with Crippen molar-refractivity contribution in [1.82, 2.24) is 4.90 Å². The molecule has 0 spiro atoms. The molecule has 2 aromatic rings. The molecule has 7 heteroatoms. The van der Waals surface area contributed by atoms with Crippen molar-refractivity contribution in [1.29, 1.82) is 0 Å². The quantitative estimate of drug-likeness (QED) is 0.602. The topological polar surface area (TPSA) is 55.8 Å². The first-order valence-corrected chi connectivity index (χ1v) is 10.0. The normalized spacial score (nSPS) is 11.0. The molecular weight excluding hydrogens is 394 g/mol. The molecule has 0 fully saturated rings. The zero-order valence-electron chi connectivity index (χ0n) is 16.5. The van der Waals surface area contributed by atoms with Crippen LogP contribution >= 0.6 is 24.4 Å². The lowest BCUT2D eigenvalue weighted by atomic mass is 10.1. The molecule has 28 heavy (non-hydrogen) atoms. The fourth-order valence-electron chi connectivity index (χ4n) is 2.53. The highest BCUT2D eigenvalue weighted by atomic mass is 32.2. The van der Waals surface area contributed by atoms with Crippen molar-refractivity contribution in [3.63, 3.8) is 0 Å². The molecule has 0 bridgehead atoms. The van der Waals surface area contributed by atoms with E-state index >= 15 is 0 Å². The van der Waals surface area contributed by atoms with Gasteiger partial charge in [0.15, 0.2) is 0 Å². The number of ether oxygens (including phenoxy) is 2. The first kappa shape index (κ1) is 22.2. The van der Waals surface area contributed by atoms with Gasteiger partial charge in [0.25, 0.3) is 9.69 Å². The molecule has 0 aliphatic heterocycles. The molecule has 2 aromatic carbocycles. The van der Waals surface area contributed by atoms with Crippen LogP contribution in [0.5, 0.6) is 11.5 Å². The van der Waals surface area contributed by atoms with E-state index in [0.717, 1.165) is 16.9 Å². The van der Waals surface area contributed by atoms with Gasteiger partial charge in [-0.25, -0.2) is 0 Å². The summed E-state index contributed by atoms with van der Waals surface area (Å²) in [5.74, 6) is 1.49. The lowest BCUT2D eigenvalue weighted by molar-refractivity contribution is 0.160. The maximum atomic E-state index is 12.5. The van der Waals surface area contributed by atoms with Gasteiger partial charge in [0, 0.05) is 22.9 Å². The highest BCUT2D eigenvalue weighted by Gasteiger charge is 2.29. The number of thioether (sulfide) groups is 1. The van der Waals surface area contributed by atoms with Gasteiger partial charge in [0.05, 0.1) is 13.7 Å². The van der Waals surface area contributed by atoms with E-state index in [2.05, 4.69) is 12.6 Å². The van der Waals surface area contributed by atoms with Crippen LogP contribution in [-0.2, 0) is 13.2 Å². The Morgan fingerprint density at radius 1 is 1.07 bits per heavy atom. The fraction of sp³-hybridized carbons (Fsp3) is 0.333. The highest BCUT2D eigenvalue weighted by Crippen LogP contribution is 2.28. The van der Waals surface area contributed by atoms with Gasteiger partial charge in [-0.05, 0) is 44.5 Å². The number of carbonyl (C=O) groups is 2. The molecule has 0 N–H and O–H groups in total. The van der Waals surface area contributed by atoms with Crippen LogP contribution in [0.2, 0.25) is 0 Å². The van der Waals surface area contributed by atoms with Crippen LogP contribution in [-0.4, -0.2) is 27.2 Å². The van der Waals surface area contributed by atoms with E-state index < -0.39 is 9.99 Å². The van der Waals surface area contributed by atoms with Crippen LogP contribution in [0.25, 0.3) is 0 Å². The molecule has 5 nitrogen and oxygen atoms in total. The number of thiol groups is 1. The van der Waals surface area contributed by atoms with Gasteiger partial charge >= 0.3 is 0 Å². The summed E-state index contributed by atoms with van der Waals surface area (Å²) < 4.78 is 10.6. The first-order chi connectivity index (χ1) is 13.2. The molecule has 0 aromatic heterocycles. The van der Waals surface area contributed by atoms with E-state index in [4.69, 9.17) is 9.47 Å². The highest BCUT2D eigenvalue weighted by molar-refractivity contribution is 8.39. The number of rotatable bonds is 6. The minimum atomic E-state index is -0.525. The molecule has 2 rings (SSSR count). The summed E-state index contributed by atoms with van der Waals surface area (Å²) in [5.41, 5.74) is 1.42. The molecule has 0 radical (unpaired) electrons. The fourth-order valence-corrected chi connectivity index (χ4v) is 3.37. The SMILES string of the molecule is COc1ccc(COc2ccccc2CN(C(=O)SC(=O)S)C(C)(C)C)cc1. The number of hydrogen-bond acceptors (Lipinski definition) is 5. The van der Waals surface area contributed by atoms with Crippen molar-refractivity contribution >= 4 is 34.1 Å². The Labute approximate surface area is 175 Å². The summed E-state index contributed by atoms with van der Waals surface area (Å²) in [6.45, 7) is 6.50. The largest absolute Gasteiger partial charge is 0.497 e. The van der Waals surface area contributed by atoms with E-state index in [1.54, 1.807) is 12.0 Å². The van der Waals surface area contributed by atoms with Crippen LogP contribution in [0.4, 0.5) is 9.59 Å². The number of carbonyl (C=O) groups excluding carboxylic acids is 2. The minimum Gasteiger partial charge on any atom is -0.497 e. The van der Waals surface area contributed by atoms with E-state index in [0.29, 0.717) is 30.7 Å². The predicted molar refractivity (Wildman–Crippen MR) is 116 cm³/mol. The number of nitrogens with zero attached hydrogens (tertiary/aromatic N) is 1. The Morgan fingerprint density at radius 2 is 1.71 bits per heavy atom. The molecule has 0 atom stereocenters. The second kappa shape index (κ2) is 9.89. The van der Waals surface area contributed by atoms with Crippen molar-refractivity contribution in [2.75, 3.05) is 7.11 Å². The monoisotopic (exact) mass is 419 g/mol. The van der Waals surface area contributed by atoms with Crippen molar-refractivity contribution in [2.45, 2.75) is 39.5 Å². The number of methoxy groups -OCH3 is 1. The van der Waals surface area contributed by atoms with Gasteiger partial charge in [0.1, 0.15) is 18.1 Å². The van der Waals surface area contributed by atoms with Crippen LogP contribution in [0, 0.1) is 0 Å². The molecule has 150 valence electrons. The number of amides is 1. The molecule has 0 heterocycles. The van der Waals surface area contributed by atoms with Crippen molar-refractivity contribution < 1.29 is 19.1 Å². The molecule has 0 unspecified atom stereocenters. The van der Waals surface area contributed by atoms with Crippen LogP contribution in [0.15, 0.2) is 48.5 Å². The second-order valence-corrected chi connectivity index (χ2v) is 8.77. The van der Waals surface area contributed by atoms with Crippen molar-refractivity contribution in [3.8, 4) is 11.5 Å². The van der Waals surface area contributed by atoms with E-state index in [9.17, 15) is 9.59 Å². The van der Waals surface area contributed by atoms with E-state index in [-0.39, 0.29) is 5.24 Å². The predicted octanol–water partition coefficient (Wildman–Crippen LogP) is 5.78. The first-order valence-electron chi connectivity index (χ1n) is 8.76. The second-order valence-electron chi connectivity index (χ2n) is 7.14. The van der Waals surface area contributed by atoms with Gasteiger partial charge in [-0.1, -0.05) is 43.0 Å². The summed E-state index contributed by atoms with van der Waals surface area (Å²) in [6.07, 6.45) is 0. The summed E-state index contributed by atoms with van der Waals surface area (Å²) in [7, 11) is 1.63. The number of hydrogen-bond donors (Lipinski definition) is 1. The maximum absolute atomic E-state index is 12.5. The third-order valence-corrected chi connectivity index (χ3v) is 4.90. The van der Waals surface area contributed by atoms with Crippen LogP contribution in [0.3, 0.4) is 0 Å². The molecule has 1 amide bonds. The summed E-state index contributed by atoms with van der Waals surface area (Å²) in [5, 5.41) is -0.336. The Balaban J connectivity index is 2.16. The average Bonchev–Trinajstić information content (AvgIpc) is 2.64. The van der Waals surface area contributed by atoms with Gasteiger partial charge in [-0.2, -0.15) is 0 Å². The van der Waals surface area contributed by atoms with Crippen molar-refractivity contribution in [3.05, 3.63) is 59.7 Å². The third kappa shape index (κ3) is 6.49. The Bertz CT molecular complexity index is 816. The van der Waals surface area contributed by atoms with Gasteiger partial charge in [-0.3, -0.25) is 9.59 Å². The zero-order valence-corrected chi connectivity index (χ0v) is 18.2. The molecule has 0 saturated heterocycles. The summed E-state index contributed by atoms with van der Waals surface area (Å²) >= 11 is 4.29. The molecule has 0 saturated carbocycles. The average molecular weight is 420 g/mol. The van der Waals surface area contributed by atoms with Gasteiger partial charge in [-0.15, -0.1) is 0 Å². The molecule has 0 aliphatic carbocycles. The standard InChI is InChI=1S/C21H25NO4S2/c1-21(2,3)22(19(23)28-20(24)27)13-16-7-5-6-8-18(16)26-14-15-9-11-17(25-4)12-10-15/h5-12H,13-14H2,1-4H3,(H,24,27). The summed E-state index contributed by atoms with van der Waals surface area (Å²) in [4.78, 5) is 25.4. The lowest BCUT2D eigenvalue weighted by Crippen LogP contribution is -2.43. The van der Waals surface area contributed by atoms with Crippen molar-refractivity contribution in [2.24, 2.45) is 0 Å². The van der Waals surface area contributed by atoms with Gasteiger partial charge in [0.2, 0.25) is 0 Å². The third-order valence-electron chi connectivity index (χ3n) is 4.06. The smallest absolute Gasteiger partial charge is 0.290 e. The van der Waals surface area contributed by atoms with E-state index in [1.165, 1.54) is 0 Å². The van der Waals surface area contributed by atoms with Crippen LogP contribution in [0.1, 0.15) is 31.9 Å². The lowest BCUT2D eigenvalue weighted by Gasteiger charge is -2.35. The molecular formula is C21H25NO4S2. The Morgan fingerprint density at radius 3 is 2.29 bits per heavy atom. The minimum absolute atomic E-state index is 0.329. The number of para-hydroxylation sites is 1.